The van der Waals surface area contributed by atoms with Gasteiger partial charge in [0.1, 0.15) is 5.75 Å². The molecule has 0 fully saturated rings. The first-order valence-corrected chi connectivity index (χ1v) is 5.93. The Hall–Kier alpha value is -1.26. The number of ether oxygens (including phenoxy) is 1. The standard InChI is InChI=1S/C13H18N2O2.ClH/c1-3-15(2)13(16)17-10-6-4-9-5-7-12(14)11(9)8-10;/h4,6,8,12H,3,5,7,14H2,1-2H3;1H. The van der Waals surface area contributed by atoms with Crippen LogP contribution in [-0.2, 0) is 6.42 Å². The summed E-state index contributed by atoms with van der Waals surface area (Å²) in [5.74, 6) is 0.575. The van der Waals surface area contributed by atoms with Crippen molar-refractivity contribution in [2.45, 2.75) is 25.8 Å². The average Bonchev–Trinajstić information content (AvgIpc) is 2.70. The summed E-state index contributed by atoms with van der Waals surface area (Å²) in [6.45, 7) is 2.53. The van der Waals surface area contributed by atoms with Crippen LogP contribution in [0.1, 0.15) is 30.5 Å². The highest BCUT2D eigenvalue weighted by Gasteiger charge is 2.20. The monoisotopic (exact) mass is 270 g/mol. The fraction of sp³-hybridized carbons (Fsp3) is 0.462. The van der Waals surface area contributed by atoms with Crippen LogP contribution < -0.4 is 10.5 Å². The Balaban J connectivity index is 0.00000162. The number of rotatable bonds is 2. The number of nitrogens with zero attached hydrogens (tertiary/aromatic N) is 1. The minimum absolute atomic E-state index is 0. The van der Waals surface area contributed by atoms with Gasteiger partial charge in [-0.2, -0.15) is 0 Å². The van der Waals surface area contributed by atoms with Gasteiger partial charge in [-0.3, -0.25) is 0 Å². The van der Waals surface area contributed by atoms with E-state index in [0.717, 1.165) is 18.4 Å². The molecule has 0 spiro atoms. The van der Waals surface area contributed by atoms with E-state index in [9.17, 15) is 4.79 Å². The van der Waals surface area contributed by atoms with E-state index in [1.54, 1.807) is 7.05 Å². The maximum atomic E-state index is 11.6. The number of amides is 1. The molecule has 0 heterocycles. The highest BCUT2D eigenvalue weighted by Crippen LogP contribution is 2.32. The minimum Gasteiger partial charge on any atom is -0.410 e. The lowest BCUT2D eigenvalue weighted by molar-refractivity contribution is 0.165. The highest BCUT2D eigenvalue weighted by atomic mass is 35.5. The van der Waals surface area contributed by atoms with Gasteiger partial charge in [0.2, 0.25) is 0 Å². The van der Waals surface area contributed by atoms with E-state index in [2.05, 4.69) is 0 Å². The van der Waals surface area contributed by atoms with E-state index < -0.39 is 0 Å². The molecule has 1 atom stereocenters. The SMILES string of the molecule is CCN(C)C(=O)Oc1ccc2c(c1)C(N)CC2.Cl. The first kappa shape index (κ1) is 14.8. The van der Waals surface area contributed by atoms with Crippen molar-refractivity contribution in [3.8, 4) is 5.75 Å². The lowest BCUT2D eigenvalue weighted by Gasteiger charge is -2.15. The molecule has 4 nitrogen and oxygen atoms in total. The van der Waals surface area contributed by atoms with Crippen molar-refractivity contribution >= 4 is 18.5 Å². The normalized spacial score (nSPS) is 16.7. The van der Waals surface area contributed by atoms with Crippen LogP contribution in [0.2, 0.25) is 0 Å². The van der Waals surface area contributed by atoms with Gasteiger partial charge in [0.05, 0.1) is 0 Å². The van der Waals surface area contributed by atoms with Crippen LogP contribution in [0.4, 0.5) is 4.79 Å². The van der Waals surface area contributed by atoms with Crippen molar-refractivity contribution in [2.75, 3.05) is 13.6 Å². The molecule has 0 saturated carbocycles. The molecule has 0 radical (unpaired) electrons. The fourth-order valence-corrected chi connectivity index (χ4v) is 1.98. The number of nitrogens with two attached hydrogens (primary N) is 1. The Morgan fingerprint density at radius 1 is 1.56 bits per heavy atom. The molecule has 0 aliphatic heterocycles. The molecule has 18 heavy (non-hydrogen) atoms. The molecule has 2 N–H and O–H groups in total. The number of fused-ring (bicyclic) bond motifs is 1. The quantitative estimate of drug-likeness (QED) is 0.898. The molecule has 1 amide bonds. The molecule has 0 saturated heterocycles. The van der Waals surface area contributed by atoms with Crippen LogP contribution in [0.15, 0.2) is 18.2 Å². The van der Waals surface area contributed by atoms with Crippen molar-refractivity contribution in [3.05, 3.63) is 29.3 Å². The van der Waals surface area contributed by atoms with Crippen LogP contribution in [0.3, 0.4) is 0 Å². The summed E-state index contributed by atoms with van der Waals surface area (Å²) in [7, 11) is 1.71. The van der Waals surface area contributed by atoms with E-state index >= 15 is 0 Å². The first-order valence-electron chi connectivity index (χ1n) is 5.93. The third-order valence-corrected chi connectivity index (χ3v) is 3.23. The molecule has 1 aliphatic rings. The average molecular weight is 271 g/mol. The van der Waals surface area contributed by atoms with Gasteiger partial charge in [-0.15, -0.1) is 12.4 Å². The minimum atomic E-state index is -0.334. The fourth-order valence-electron chi connectivity index (χ4n) is 1.98. The lowest BCUT2D eigenvalue weighted by Crippen LogP contribution is -2.29. The summed E-state index contributed by atoms with van der Waals surface area (Å²) >= 11 is 0. The number of halogens is 1. The van der Waals surface area contributed by atoms with Gasteiger partial charge in [-0.1, -0.05) is 6.07 Å². The second-order valence-corrected chi connectivity index (χ2v) is 4.39. The highest BCUT2D eigenvalue weighted by molar-refractivity contribution is 5.85. The largest absolute Gasteiger partial charge is 0.414 e. The van der Waals surface area contributed by atoms with Crippen molar-refractivity contribution < 1.29 is 9.53 Å². The van der Waals surface area contributed by atoms with Gasteiger partial charge in [0, 0.05) is 19.6 Å². The van der Waals surface area contributed by atoms with Crippen LogP contribution in [0, 0.1) is 0 Å². The zero-order valence-electron chi connectivity index (χ0n) is 10.7. The number of carbonyl (C=O) groups is 1. The van der Waals surface area contributed by atoms with E-state index in [1.807, 2.05) is 25.1 Å². The first-order chi connectivity index (χ1) is 8.11. The van der Waals surface area contributed by atoms with E-state index in [-0.39, 0.29) is 24.5 Å². The summed E-state index contributed by atoms with van der Waals surface area (Å²) in [5, 5.41) is 0. The number of hydrogen-bond acceptors (Lipinski definition) is 3. The molecule has 2 rings (SSSR count). The second kappa shape index (κ2) is 6.07. The van der Waals surface area contributed by atoms with Gasteiger partial charge >= 0.3 is 6.09 Å². The zero-order chi connectivity index (χ0) is 12.4. The van der Waals surface area contributed by atoms with Gasteiger partial charge in [-0.25, -0.2) is 4.79 Å². The van der Waals surface area contributed by atoms with Crippen molar-refractivity contribution in [2.24, 2.45) is 5.73 Å². The Labute approximate surface area is 114 Å². The van der Waals surface area contributed by atoms with Crippen LogP contribution >= 0.6 is 12.4 Å². The Bertz CT molecular complexity index is 437. The smallest absolute Gasteiger partial charge is 0.410 e. The summed E-state index contributed by atoms with van der Waals surface area (Å²) in [6, 6.07) is 5.79. The molecule has 1 aromatic rings. The van der Waals surface area contributed by atoms with Crippen LogP contribution in [0.25, 0.3) is 0 Å². The lowest BCUT2D eigenvalue weighted by atomic mass is 10.1. The molecular weight excluding hydrogens is 252 g/mol. The zero-order valence-corrected chi connectivity index (χ0v) is 11.5. The topological polar surface area (TPSA) is 55.6 Å². The van der Waals surface area contributed by atoms with Crippen LogP contribution in [0.5, 0.6) is 5.75 Å². The maximum absolute atomic E-state index is 11.6. The summed E-state index contributed by atoms with van der Waals surface area (Å²) in [6.07, 6.45) is 1.65. The van der Waals surface area contributed by atoms with Gasteiger partial charge < -0.3 is 15.4 Å². The van der Waals surface area contributed by atoms with Gasteiger partial charge in [0.25, 0.3) is 0 Å². The Morgan fingerprint density at radius 2 is 2.28 bits per heavy atom. The molecular formula is C13H19ClN2O2. The Morgan fingerprint density at radius 3 is 2.94 bits per heavy atom. The molecule has 0 bridgehead atoms. The third kappa shape index (κ3) is 2.94. The van der Waals surface area contributed by atoms with Gasteiger partial charge in [-0.05, 0) is 43.0 Å². The maximum Gasteiger partial charge on any atom is 0.414 e. The number of aryl methyl sites for hydroxylation is 1. The molecule has 5 heteroatoms. The van der Waals surface area contributed by atoms with E-state index in [1.165, 1.54) is 10.5 Å². The molecule has 100 valence electrons. The molecule has 1 unspecified atom stereocenters. The molecule has 1 aromatic carbocycles. The third-order valence-electron chi connectivity index (χ3n) is 3.23. The van der Waals surface area contributed by atoms with E-state index in [0.29, 0.717) is 12.3 Å². The second-order valence-electron chi connectivity index (χ2n) is 4.39. The number of hydrogen-bond donors (Lipinski definition) is 1. The van der Waals surface area contributed by atoms with Crippen molar-refractivity contribution in [1.29, 1.82) is 0 Å². The van der Waals surface area contributed by atoms with E-state index in [4.69, 9.17) is 10.5 Å². The van der Waals surface area contributed by atoms with Crippen molar-refractivity contribution in [1.82, 2.24) is 4.90 Å². The van der Waals surface area contributed by atoms with Crippen molar-refractivity contribution in [3.63, 3.8) is 0 Å². The number of benzene rings is 1. The predicted molar refractivity (Wildman–Crippen MR) is 73.3 cm³/mol. The number of carbonyl (C=O) groups excluding carboxylic acids is 1. The van der Waals surface area contributed by atoms with Crippen LogP contribution in [-0.4, -0.2) is 24.6 Å². The summed E-state index contributed by atoms with van der Waals surface area (Å²) < 4.78 is 5.27. The Kier molecular flexibility index (Phi) is 4.99. The molecule has 1 aliphatic carbocycles. The van der Waals surface area contributed by atoms with Gasteiger partial charge in [0.15, 0.2) is 0 Å². The molecule has 0 aromatic heterocycles. The summed E-state index contributed by atoms with van der Waals surface area (Å²) in [5.41, 5.74) is 8.35. The predicted octanol–water partition coefficient (Wildman–Crippen LogP) is 2.50. The summed E-state index contributed by atoms with van der Waals surface area (Å²) in [4.78, 5) is 13.1.